The van der Waals surface area contributed by atoms with Gasteiger partial charge in [0, 0.05) is 6.08 Å². The van der Waals surface area contributed by atoms with Gasteiger partial charge in [-0.1, -0.05) is 12.1 Å². The summed E-state index contributed by atoms with van der Waals surface area (Å²) in [6.45, 7) is 0. The number of ether oxygens (including phenoxy) is 1. The molecule has 80 valence electrons. The Morgan fingerprint density at radius 2 is 2.33 bits per heavy atom. The third-order valence-corrected chi connectivity index (χ3v) is 1.91. The molecule has 3 N–H and O–H groups in total. The Labute approximate surface area is 88.0 Å². The van der Waals surface area contributed by atoms with Crippen molar-refractivity contribution in [1.29, 1.82) is 0 Å². The second kappa shape index (κ2) is 5.05. The first-order chi connectivity index (χ1) is 7.13. The summed E-state index contributed by atoms with van der Waals surface area (Å²) in [5, 5.41) is 8.40. The van der Waals surface area contributed by atoms with E-state index in [4.69, 9.17) is 15.6 Å². The van der Waals surface area contributed by atoms with E-state index in [9.17, 15) is 4.79 Å². The number of nitrogens with two attached hydrogens (primary N) is 1. The van der Waals surface area contributed by atoms with Crippen molar-refractivity contribution in [2.45, 2.75) is 6.42 Å². The molecule has 0 atom stereocenters. The van der Waals surface area contributed by atoms with E-state index in [1.165, 1.54) is 0 Å². The Morgan fingerprint density at radius 3 is 2.87 bits per heavy atom. The number of methoxy groups -OCH3 is 1. The number of aliphatic carboxylic acids is 1. The third kappa shape index (κ3) is 3.34. The molecule has 0 aliphatic heterocycles. The lowest BCUT2D eigenvalue weighted by molar-refractivity contribution is -0.131. The number of rotatable bonds is 4. The van der Waals surface area contributed by atoms with Crippen molar-refractivity contribution in [3.8, 4) is 5.75 Å². The zero-order valence-electron chi connectivity index (χ0n) is 8.43. The minimum Gasteiger partial charge on any atom is -0.495 e. The maximum absolute atomic E-state index is 10.2. The molecule has 1 rings (SSSR count). The summed E-state index contributed by atoms with van der Waals surface area (Å²) >= 11 is 0. The van der Waals surface area contributed by atoms with Crippen LogP contribution in [0.25, 0.3) is 0 Å². The molecule has 0 unspecified atom stereocenters. The molecule has 0 amide bonds. The van der Waals surface area contributed by atoms with Crippen LogP contribution in [-0.4, -0.2) is 18.2 Å². The van der Waals surface area contributed by atoms with Crippen LogP contribution in [0.3, 0.4) is 0 Å². The highest BCUT2D eigenvalue weighted by molar-refractivity contribution is 5.79. The van der Waals surface area contributed by atoms with Gasteiger partial charge in [0.05, 0.1) is 12.8 Å². The fourth-order valence-electron chi connectivity index (χ4n) is 1.21. The molecule has 4 nitrogen and oxygen atoms in total. The maximum atomic E-state index is 10.2. The topological polar surface area (TPSA) is 72.5 Å². The summed E-state index contributed by atoms with van der Waals surface area (Å²) in [7, 11) is 1.55. The lowest BCUT2D eigenvalue weighted by Gasteiger charge is -2.05. The van der Waals surface area contributed by atoms with Crippen molar-refractivity contribution in [2.75, 3.05) is 12.8 Å². The number of carbonyl (C=O) groups is 1. The van der Waals surface area contributed by atoms with E-state index < -0.39 is 5.97 Å². The van der Waals surface area contributed by atoms with E-state index in [0.29, 0.717) is 17.9 Å². The zero-order chi connectivity index (χ0) is 11.3. The Hall–Kier alpha value is -1.97. The van der Waals surface area contributed by atoms with Crippen LogP contribution in [0.1, 0.15) is 5.56 Å². The zero-order valence-corrected chi connectivity index (χ0v) is 8.43. The molecule has 0 aromatic heterocycles. The first-order valence-electron chi connectivity index (χ1n) is 4.45. The van der Waals surface area contributed by atoms with E-state index in [1.54, 1.807) is 25.3 Å². The average Bonchev–Trinajstić information content (AvgIpc) is 2.17. The van der Waals surface area contributed by atoms with Crippen LogP contribution in [0.15, 0.2) is 30.4 Å². The van der Waals surface area contributed by atoms with Gasteiger partial charge in [0.15, 0.2) is 0 Å². The molecular weight excluding hydrogens is 194 g/mol. The van der Waals surface area contributed by atoms with Crippen molar-refractivity contribution < 1.29 is 14.6 Å². The number of carboxylic acid groups (broad SMARTS) is 1. The first kappa shape index (κ1) is 11.1. The second-order valence-electron chi connectivity index (χ2n) is 3.02. The lowest BCUT2D eigenvalue weighted by Crippen LogP contribution is -1.94. The van der Waals surface area contributed by atoms with Gasteiger partial charge in [-0.25, -0.2) is 4.79 Å². The van der Waals surface area contributed by atoms with E-state index in [1.807, 2.05) is 6.07 Å². The van der Waals surface area contributed by atoms with Crippen molar-refractivity contribution in [3.63, 3.8) is 0 Å². The number of carboxylic acids is 1. The van der Waals surface area contributed by atoms with E-state index in [0.717, 1.165) is 11.6 Å². The van der Waals surface area contributed by atoms with Crippen LogP contribution >= 0.6 is 0 Å². The van der Waals surface area contributed by atoms with Gasteiger partial charge in [0.2, 0.25) is 0 Å². The molecule has 0 aliphatic carbocycles. The van der Waals surface area contributed by atoms with E-state index in [2.05, 4.69) is 0 Å². The number of hydrogen-bond donors (Lipinski definition) is 2. The quantitative estimate of drug-likeness (QED) is 0.579. The van der Waals surface area contributed by atoms with Gasteiger partial charge in [-0.2, -0.15) is 0 Å². The summed E-state index contributed by atoms with van der Waals surface area (Å²) in [6.07, 6.45) is 3.23. The minimum atomic E-state index is -0.948. The molecule has 0 saturated heterocycles. The number of hydrogen-bond acceptors (Lipinski definition) is 3. The smallest absolute Gasteiger partial charge is 0.327 e. The third-order valence-electron chi connectivity index (χ3n) is 1.91. The fraction of sp³-hybridized carbons (Fsp3) is 0.182. The second-order valence-corrected chi connectivity index (χ2v) is 3.02. The normalized spacial score (nSPS) is 10.5. The fourth-order valence-corrected chi connectivity index (χ4v) is 1.21. The molecule has 0 radical (unpaired) electrons. The number of nitrogen functional groups attached to an aromatic ring is 1. The molecule has 1 aromatic carbocycles. The van der Waals surface area contributed by atoms with Crippen LogP contribution in [0.4, 0.5) is 5.69 Å². The molecule has 15 heavy (non-hydrogen) atoms. The molecule has 0 heterocycles. The van der Waals surface area contributed by atoms with E-state index in [-0.39, 0.29) is 0 Å². The summed E-state index contributed by atoms with van der Waals surface area (Å²) in [4.78, 5) is 10.2. The molecule has 1 aromatic rings. The standard InChI is InChI=1S/C11H13NO3/c1-15-10-6-5-8(7-9(10)12)3-2-4-11(13)14/h2,4-7H,3,12H2,1H3,(H,13,14)/b4-2+. The largest absolute Gasteiger partial charge is 0.495 e. The van der Waals surface area contributed by atoms with Gasteiger partial charge in [0.1, 0.15) is 5.75 Å². The van der Waals surface area contributed by atoms with Crippen molar-refractivity contribution in [1.82, 2.24) is 0 Å². The van der Waals surface area contributed by atoms with E-state index >= 15 is 0 Å². The van der Waals surface area contributed by atoms with Crippen molar-refractivity contribution in [2.24, 2.45) is 0 Å². The van der Waals surface area contributed by atoms with Gasteiger partial charge in [-0.05, 0) is 24.1 Å². The van der Waals surface area contributed by atoms with Crippen molar-refractivity contribution >= 4 is 11.7 Å². The average molecular weight is 207 g/mol. The monoisotopic (exact) mass is 207 g/mol. The minimum absolute atomic E-state index is 0.542. The highest BCUT2D eigenvalue weighted by atomic mass is 16.5. The summed E-state index contributed by atoms with van der Waals surface area (Å²) in [6, 6.07) is 5.38. The Morgan fingerprint density at radius 1 is 1.60 bits per heavy atom. The number of allylic oxidation sites excluding steroid dienone is 1. The highest BCUT2D eigenvalue weighted by Crippen LogP contribution is 2.22. The molecule has 0 bridgehead atoms. The van der Waals surface area contributed by atoms with Gasteiger partial charge in [-0.15, -0.1) is 0 Å². The molecule has 4 heteroatoms. The summed E-state index contributed by atoms with van der Waals surface area (Å²) in [5.74, 6) is -0.322. The molecule has 0 saturated carbocycles. The van der Waals surface area contributed by atoms with Gasteiger partial charge < -0.3 is 15.6 Å². The Kier molecular flexibility index (Phi) is 3.74. The van der Waals surface area contributed by atoms with Crippen LogP contribution in [0, 0.1) is 0 Å². The predicted octanol–water partition coefficient (Wildman–Crippen LogP) is 1.46. The van der Waals surface area contributed by atoms with Crippen LogP contribution < -0.4 is 10.5 Å². The summed E-state index contributed by atoms with van der Waals surface area (Å²) < 4.78 is 5.01. The van der Waals surface area contributed by atoms with Gasteiger partial charge in [-0.3, -0.25) is 0 Å². The maximum Gasteiger partial charge on any atom is 0.327 e. The Balaban J connectivity index is 2.71. The molecule has 0 aliphatic rings. The number of anilines is 1. The van der Waals surface area contributed by atoms with Gasteiger partial charge >= 0.3 is 5.97 Å². The number of benzene rings is 1. The highest BCUT2D eigenvalue weighted by Gasteiger charge is 1.99. The summed E-state index contributed by atoms with van der Waals surface area (Å²) in [5.41, 5.74) is 7.20. The SMILES string of the molecule is COc1ccc(C/C=C/C(=O)O)cc1N. The Bertz CT molecular complexity index is 385. The van der Waals surface area contributed by atoms with Gasteiger partial charge in [0.25, 0.3) is 0 Å². The van der Waals surface area contributed by atoms with Crippen LogP contribution in [0.5, 0.6) is 5.75 Å². The van der Waals surface area contributed by atoms with Crippen LogP contribution in [-0.2, 0) is 11.2 Å². The first-order valence-corrected chi connectivity index (χ1v) is 4.45. The lowest BCUT2D eigenvalue weighted by atomic mass is 10.1. The molecule has 0 spiro atoms. The molecule has 0 fully saturated rings. The van der Waals surface area contributed by atoms with Crippen LogP contribution in [0.2, 0.25) is 0 Å². The predicted molar refractivity (Wildman–Crippen MR) is 57.9 cm³/mol. The van der Waals surface area contributed by atoms with Crippen molar-refractivity contribution in [3.05, 3.63) is 35.9 Å². The molecular formula is C11H13NO3.